The normalized spacial score (nSPS) is 23.3. The van der Waals surface area contributed by atoms with Crippen LogP contribution in [0.5, 0.6) is 0 Å². The number of rotatable bonds is 15. The molecule has 0 bridgehead atoms. The first-order valence-corrected chi connectivity index (χ1v) is 13.1. The Kier molecular flexibility index (Phi) is 12.1. The summed E-state index contributed by atoms with van der Waals surface area (Å²) in [4.78, 5) is 2.20. The van der Waals surface area contributed by atoms with Crippen molar-refractivity contribution in [1.29, 1.82) is 0 Å². The van der Waals surface area contributed by atoms with Crippen LogP contribution in [0.15, 0.2) is 60.7 Å². The first-order chi connectivity index (χ1) is 16.7. The Morgan fingerprint density at radius 3 is 2.03 bits per heavy atom. The summed E-state index contributed by atoms with van der Waals surface area (Å²) in [5.41, 5.74) is 2.15. The summed E-state index contributed by atoms with van der Waals surface area (Å²) in [5.74, 6) is 0. The fourth-order valence-corrected chi connectivity index (χ4v) is 4.72. The third-order valence-corrected chi connectivity index (χ3v) is 6.73. The molecule has 2 aromatic rings. The SMILES string of the molecule is CCCCCCCCCN1C[C@H](O)[C@@H](OCc2ccccc2)[C@H](O)[C@H]1COCc1ccccc1. The van der Waals surface area contributed by atoms with Gasteiger partial charge >= 0.3 is 0 Å². The molecule has 1 saturated heterocycles. The van der Waals surface area contributed by atoms with Crippen molar-refractivity contribution in [1.82, 2.24) is 4.90 Å². The number of hydrogen-bond acceptors (Lipinski definition) is 5. The van der Waals surface area contributed by atoms with Gasteiger partial charge in [0, 0.05) is 6.54 Å². The van der Waals surface area contributed by atoms with E-state index < -0.39 is 18.3 Å². The van der Waals surface area contributed by atoms with Gasteiger partial charge in [0.2, 0.25) is 0 Å². The maximum absolute atomic E-state index is 11.2. The van der Waals surface area contributed by atoms with Crippen molar-refractivity contribution in [3.05, 3.63) is 71.8 Å². The highest BCUT2D eigenvalue weighted by molar-refractivity contribution is 5.14. The predicted octanol–water partition coefficient (Wildman–Crippen LogP) is 4.95. The van der Waals surface area contributed by atoms with Gasteiger partial charge in [0.15, 0.2) is 0 Å². The highest BCUT2D eigenvalue weighted by Gasteiger charge is 2.42. The largest absolute Gasteiger partial charge is 0.389 e. The quantitative estimate of drug-likeness (QED) is 0.362. The number of β-amino-alcohol motifs (C(OH)–C–C–N with tert-alkyl or cyclic N) is 1. The first-order valence-electron chi connectivity index (χ1n) is 13.1. The highest BCUT2D eigenvalue weighted by atomic mass is 16.5. The van der Waals surface area contributed by atoms with E-state index in [0.29, 0.717) is 26.4 Å². The molecule has 2 N–H and O–H groups in total. The lowest BCUT2D eigenvalue weighted by molar-refractivity contribution is -0.176. The summed E-state index contributed by atoms with van der Waals surface area (Å²) in [7, 11) is 0. The molecular weight excluding hydrogens is 426 g/mol. The lowest BCUT2D eigenvalue weighted by atomic mass is 9.93. The standard InChI is InChI=1S/C29H43NO4/c1-2-3-4-5-6-7-14-19-30-20-27(31)29(34-22-25-17-12-9-13-18-25)28(32)26(30)23-33-21-24-15-10-8-11-16-24/h8-13,15-18,26-29,31-32H,2-7,14,19-23H2,1H3/t26-,27+,28-,29-/m1/s1. The zero-order valence-corrected chi connectivity index (χ0v) is 20.7. The number of aliphatic hydroxyl groups is 2. The van der Waals surface area contributed by atoms with Crippen LogP contribution in [-0.4, -0.2) is 59.2 Å². The molecule has 1 aliphatic rings. The monoisotopic (exact) mass is 469 g/mol. The molecule has 5 heteroatoms. The number of hydrogen-bond donors (Lipinski definition) is 2. The van der Waals surface area contributed by atoms with E-state index in [4.69, 9.17) is 9.47 Å². The lowest BCUT2D eigenvalue weighted by Gasteiger charge is -2.45. The van der Waals surface area contributed by atoms with Crippen molar-refractivity contribution >= 4 is 0 Å². The molecule has 188 valence electrons. The zero-order chi connectivity index (χ0) is 24.0. The van der Waals surface area contributed by atoms with Gasteiger partial charge in [0.1, 0.15) is 12.2 Å². The van der Waals surface area contributed by atoms with Crippen molar-refractivity contribution in [2.45, 2.75) is 89.4 Å². The fraction of sp³-hybridized carbons (Fsp3) is 0.586. The van der Waals surface area contributed by atoms with Gasteiger partial charge in [-0.2, -0.15) is 0 Å². The van der Waals surface area contributed by atoms with Crippen molar-refractivity contribution < 1.29 is 19.7 Å². The minimum Gasteiger partial charge on any atom is -0.389 e. The predicted molar refractivity (Wildman–Crippen MR) is 136 cm³/mol. The van der Waals surface area contributed by atoms with Crippen molar-refractivity contribution in [2.75, 3.05) is 19.7 Å². The number of benzene rings is 2. The maximum atomic E-state index is 11.2. The maximum Gasteiger partial charge on any atom is 0.112 e. The Balaban J connectivity index is 1.55. The molecule has 1 aliphatic heterocycles. The molecule has 0 saturated carbocycles. The summed E-state index contributed by atoms with van der Waals surface area (Å²) in [6.07, 6.45) is 6.51. The van der Waals surface area contributed by atoms with E-state index in [1.807, 2.05) is 60.7 Å². The van der Waals surface area contributed by atoms with Crippen molar-refractivity contribution in [2.24, 2.45) is 0 Å². The molecule has 2 aromatic carbocycles. The molecule has 4 atom stereocenters. The van der Waals surface area contributed by atoms with E-state index in [0.717, 1.165) is 24.1 Å². The molecule has 3 rings (SSSR count). The molecule has 0 amide bonds. The van der Waals surface area contributed by atoms with E-state index in [2.05, 4.69) is 11.8 Å². The molecule has 0 spiro atoms. The van der Waals surface area contributed by atoms with E-state index in [-0.39, 0.29) is 6.04 Å². The van der Waals surface area contributed by atoms with Gasteiger partial charge in [0.05, 0.1) is 32.0 Å². The number of ether oxygens (including phenoxy) is 2. The van der Waals surface area contributed by atoms with E-state index >= 15 is 0 Å². The van der Waals surface area contributed by atoms with Crippen molar-refractivity contribution in [3.8, 4) is 0 Å². The molecule has 1 fully saturated rings. The molecule has 0 aliphatic carbocycles. The number of unbranched alkanes of at least 4 members (excludes halogenated alkanes) is 6. The van der Waals surface area contributed by atoms with Crippen LogP contribution >= 0.6 is 0 Å². The van der Waals surface area contributed by atoms with Gasteiger partial charge in [-0.15, -0.1) is 0 Å². The van der Waals surface area contributed by atoms with Gasteiger partial charge in [0.25, 0.3) is 0 Å². The average molecular weight is 470 g/mol. The van der Waals surface area contributed by atoms with Crippen LogP contribution in [0.2, 0.25) is 0 Å². The molecule has 0 radical (unpaired) electrons. The molecule has 0 unspecified atom stereocenters. The minimum atomic E-state index is -0.812. The third kappa shape index (κ3) is 8.79. The third-order valence-electron chi connectivity index (χ3n) is 6.73. The van der Waals surface area contributed by atoms with Gasteiger partial charge in [-0.25, -0.2) is 0 Å². The first kappa shape index (κ1) is 26.8. The Labute approximate surface area is 205 Å². The Hall–Kier alpha value is -1.76. The smallest absolute Gasteiger partial charge is 0.112 e. The number of piperidine rings is 1. The molecule has 5 nitrogen and oxygen atoms in total. The summed E-state index contributed by atoms with van der Waals surface area (Å²) >= 11 is 0. The van der Waals surface area contributed by atoms with E-state index in [9.17, 15) is 10.2 Å². The second-order valence-electron chi connectivity index (χ2n) is 9.50. The van der Waals surface area contributed by atoms with Crippen molar-refractivity contribution in [3.63, 3.8) is 0 Å². The second kappa shape index (κ2) is 15.3. The van der Waals surface area contributed by atoms with Gasteiger partial charge in [-0.05, 0) is 24.1 Å². The Morgan fingerprint density at radius 2 is 1.38 bits per heavy atom. The van der Waals surface area contributed by atoms with Crippen LogP contribution in [0, 0.1) is 0 Å². The van der Waals surface area contributed by atoms with Gasteiger partial charge < -0.3 is 19.7 Å². The number of aliphatic hydroxyl groups excluding tert-OH is 2. The number of likely N-dealkylation sites (tertiary alicyclic amines) is 1. The van der Waals surface area contributed by atoms with E-state index in [1.54, 1.807) is 0 Å². The van der Waals surface area contributed by atoms with Crippen LogP contribution in [0.25, 0.3) is 0 Å². The van der Waals surface area contributed by atoms with E-state index in [1.165, 1.54) is 38.5 Å². The summed E-state index contributed by atoms with van der Waals surface area (Å²) in [5, 5.41) is 22.1. The van der Waals surface area contributed by atoms with Gasteiger partial charge in [-0.3, -0.25) is 4.90 Å². The Bertz CT molecular complexity index is 772. The summed E-state index contributed by atoms with van der Waals surface area (Å²) in [6.45, 7) is 4.87. The van der Waals surface area contributed by atoms with Crippen LogP contribution in [0.1, 0.15) is 63.0 Å². The molecule has 0 aromatic heterocycles. The number of nitrogens with zero attached hydrogens (tertiary/aromatic N) is 1. The van der Waals surface area contributed by atoms with Gasteiger partial charge in [-0.1, -0.05) is 106 Å². The Morgan fingerprint density at radius 1 is 0.794 bits per heavy atom. The minimum absolute atomic E-state index is 0.201. The fourth-order valence-electron chi connectivity index (χ4n) is 4.72. The lowest BCUT2D eigenvalue weighted by Crippen LogP contribution is -2.63. The summed E-state index contributed by atoms with van der Waals surface area (Å²) < 4.78 is 12.1. The van der Waals surface area contributed by atoms with Crippen LogP contribution < -0.4 is 0 Å². The van der Waals surface area contributed by atoms with Crippen LogP contribution in [0.4, 0.5) is 0 Å². The molecule has 1 heterocycles. The second-order valence-corrected chi connectivity index (χ2v) is 9.50. The zero-order valence-electron chi connectivity index (χ0n) is 20.7. The topological polar surface area (TPSA) is 62.2 Å². The molecule has 34 heavy (non-hydrogen) atoms. The summed E-state index contributed by atoms with van der Waals surface area (Å²) in [6, 6.07) is 19.8. The van der Waals surface area contributed by atoms with Crippen LogP contribution in [-0.2, 0) is 22.7 Å². The highest BCUT2D eigenvalue weighted by Crippen LogP contribution is 2.24. The molecular formula is C29H43NO4. The average Bonchev–Trinajstić information content (AvgIpc) is 2.86. The van der Waals surface area contributed by atoms with Crippen LogP contribution in [0.3, 0.4) is 0 Å².